The van der Waals surface area contributed by atoms with Crippen molar-refractivity contribution in [2.75, 3.05) is 7.11 Å². The lowest BCUT2D eigenvalue weighted by Crippen LogP contribution is -2.15. The summed E-state index contributed by atoms with van der Waals surface area (Å²) in [4.78, 5) is 10.9. The highest BCUT2D eigenvalue weighted by atomic mass is 16.5. The largest absolute Gasteiger partial charge is 0.466 e. The van der Waals surface area contributed by atoms with E-state index in [9.17, 15) is 4.79 Å². The van der Waals surface area contributed by atoms with Crippen LogP contribution in [-0.4, -0.2) is 24.3 Å². The highest BCUT2D eigenvalue weighted by Crippen LogP contribution is 2.18. The molecule has 1 atom stereocenters. The highest BCUT2D eigenvalue weighted by molar-refractivity contribution is 5.88. The van der Waals surface area contributed by atoms with E-state index in [1.165, 1.54) is 7.11 Å². The number of hydrogen-bond acceptors (Lipinski definition) is 3. The van der Waals surface area contributed by atoms with Crippen molar-refractivity contribution in [1.29, 1.82) is 0 Å². The summed E-state index contributed by atoms with van der Waals surface area (Å²) in [6, 6.07) is 0. The van der Waals surface area contributed by atoms with Gasteiger partial charge < -0.3 is 9.84 Å². The van der Waals surface area contributed by atoms with E-state index in [-0.39, 0.29) is 5.97 Å². The number of aliphatic hydroxyl groups excluding tert-OH is 1. The Morgan fingerprint density at radius 1 is 1.82 bits per heavy atom. The molecule has 62 valence electrons. The normalized spacial score (nSPS) is 24.2. The Labute approximate surface area is 65.7 Å². The molecule has 0 aromatic heterocycles. The first-order valence-corrected chi connectivity index (χ1v) is 3.71. The molecule has 0 heterocycles. The van der Waals surface area contributed by atoms with Crippen LogP contribution in [0.3, 0.4) is 0 Å². The van der Waals surface area contributed by atoms with Crippen molar-refractivity contribution in [3.63, 3.8) is 0 Å². The van der Waals surface area contributed by atoms with Crippen LogP contribution in [-0.2, 0) is 9.53 Å². The fourth-order valence-corrected chi connectivity index (χ4v) is 1.20. The summed E-state index contributed by atoms with van der Waals surface area (Å²) in [6.45, 7) is 0. The number of esters is 1. The summed E-state index contributed by atoms with van der Waals surface area (Å²) in [5.74, 6) is -0.316. The molecule has 0 aromatic carbocycles. The molecule has 0 aromatic rings. The van der Waals surface area contributed by atoms with Gasteiger partial charge in [-0.3, -0.25) is 0 Å². The molecule has 11 heavy (non-hydrogen) atoms. The molecule has 0 saturated heterocycles. The number of rotatable bonds is 1. The molecule has 1 aliphatic rings. The van der Waals surface area contributed by atoms with Gasteiger partial charge in [-0.15, -0.1) is 0 Å². The maximum absolute atomic E-state index is 10.9. The topological polar surface area (TPSA) is 46.5 Å². The lowest BCUT2D eigenvalue weighted by Gasteiger charge is -2.14. The zero-order chi connectivity index (χ0) is 8.27. The minimum absolute atomic E-state index is 0.316. The Kier molecular flexibility index (Phi) is 2.65. The van der Waals surface area contributed by atoms with Crippen LogP contribution in [0.5, 0.6) is 0 Å². The van der Waals surface area contributed by atoms with Crippen molar-refractivity contribution in [3.05, 3.63) is 11.6 Å². The molecule has 1 N–H and O–H groups in total. The van der Waals surface area contributed by atoms with Gasteiger partial charge in [0.05, 0.1) is 13.2 Å². The maximum Gasteiger partial charge on any atom is 0.333 e. The lowest BCUT2D eigenvalue weighted by molar-refractivity contribution is -0.136. The predicted octanol–water partition coefficient (Wildman–Crippen LogP) is 0.631. The van der Waals surface area contributed by atoms with Crippen molar-refractivity contribution < 1.29 is 14.6 Å². The smallest absolute Gasteiger partial charge is 0.333 e. The third kappa shape index (κ3) is 2.05. The van der Waals surface area contributed by atoms with Crippen molar-refractivity contribution in [2.45, 2.75) is 25.4 Å². The van der Waals surface area contributed by atoms with Crippen molar-refractivity contribution >= 4 is 5.97 Å². The molecule has 1 aliphatic carbocycles. The van der Waals surface area contributed by atoms with Crippen molar-refractivity contribution in [3.8, 4) is 0 Å². The Bertz CT molecular complexity index is 184. The van der Waals surface area contributed by atoms with E-state index in [4.69, 9.17) is 5.11 Å². The van der Waals surface area contributed by atoms with Gasteiger partial charge in [-0.05, 0) is 25.3 Å². The molecule has 0 bridgehead atoms. The number of carbonyl (C=O) groups is 1. The number of aliphatic hydroxyl groups is 1. The summed E-state index contributed by atoms with van der Waals surface area (Å²) >= 11 is 0. The average molecular weight is 156 g/mol. The predicted molar refractivity (Wildman–Crippen MR) is 40.0 cm³/mol. The van der Waals surface area contributed by atoms with Gasteiger partial charge in [-0.1, -0.05) is 0 Å². The van der Waals surface area contributed by atoms with Crippen LogP contribution in [0.15, 0.2) is 11.6 Å². The Balaban J connectivity index is 2.63. The van der Waals surface area contributed by atoms with Crippen LogP contribution in [0.1, 0.15) is 19.3 Å². The van der Waals surface area contributed by atoms with Gasteiger partial charge in [0.15, 0.2) is 0 Å². The van der Waals surface area contributed by atoms with Crippen LogP contribution >= 0.6 is 0 Å². The molecule has 3 nitrogen and oxygen atoms in total. The Morgan fingerprint density at radius 3 is 3.09 bits per heavy atom. The molecule has 0 spiro atoms. The third-order valence-electron chi connectivity index (χ3n) is 1.79. The van der Waals surface area contributed by atoms with Crippen LogP contribution < -0.4 is 0 Å². The molecule has 0 aliphatic heterocycles. The second-order valence-corrected chi connectivity index (χ2v) is 2.64. The summed E-state index contributed by atoms with van der Waals surface area (Å²) in [5.41, 5.74) is 0.603. The number of ether oxygens (including phenoxy) is 1. The number of carbonyl (C=O) groups excluding carboxylic acids is 1. The fraction of sp³-hybridized carbons (Fsp3) is 0.625. The molecule has 0 fully saturated rings. The molecule has 0 unspecified atom stereocenters. The number of hydrogen-bond donors (Lipinski definition) is 1. The van der Waals surface area contributed by atoms with E-state index in [0.29, 0.717) is 5.57 Å². The summed E-state index contributed by atoms with van der Waals surface area (Å²) in [6.07, 6.45) is 3.46. The summed E-state index contributed by atoms with van der Waals surface area (Å²) in [5, 5.41) is 9.14. The van der Waals surface area contributed by atoms with Crippen LogP contribution in [0.4, 0.5) is 0 Å². The van der Waals surface area contributed by atoms with Gasteiger partial charge in [-0.2, -0.15) is 0 Å². The molecular formula is C8H12O3. The summed E-state index contributed by atoms with van der Waals surface area (Å²) in [7, 11) is 1.35. The average Bonchev–Trinajstić information content (AvgIpc) is 2.03. The first kappa shape index (κ1) is 8.27. The zero-order valence-electron chi connectivity index (χ0n) is 6.54. The number of methoxy groups -OCH3 is 1. The highest BCUT2D eigenvalue weighted by Gasteiger charge is 2.16. The van der Waals surface area contributed by atoms with E-state index in [0.717, 1.165) is 19.3 Å². The van der Waals surface area contributed by atoms with Crippen LogP contribution in [0, 0.1) is 0 Å². The SMILES string of the molecule is COC(=O)C1=C[C@H](O)CCC1. The molecule has 3 heteroatoms. The molecule has 0 saturated carbocycles. The minimum atomic E-state index is -0.460. The summed E-state index contributed by atoms with van der Waals surface area (Å²) < 4.78 is 4.52. The van der Waals surface area contributed by atoms with E-state index < -0.39 is 6.10 Å². The fourth-order valence-electron chi connectivity index (χ4n) is 1.20. The van der Waals surface area contributed by atoms with Gasteiger partial charge in [-0.25, -0.2) is 4.79 Å². The molecular weight excluding hydrogens is 144 g/mol. The lowest BCUT2D eigenvalue weighted by atomic mass is 9.98. The van der Waals surface area contributed by atoms with Gasteiger partial charge in [0, 0.05) is 5.57 Å². The monoisotopic (exact) mass is 156 g/mol. The maximum atomic E-state index is 10.9. The Hall–Kier alpha value is -0.830. The zero-order valence-corrected chi connectivity index (χ0v) is 6.54. The Morgan fingerprint density at radius 2 is 2.55 bits per heavy atom. The van der Waals surface area contributed by atoms with Crippen LogP contribution in [0.25, 0.3) is 0 Å². The van der Waals surface area contributed by atoms with E-state index in [1.54, 1.807) is 6.08 Å². The third-order valence-corrected chi connectivity index (χ3v) is 1.79. The van der Waals surface area contributed by atoms with E-state index in [1.807, 2.05) is 0 Å². The molecule has 0 radical (unpaired) electrons. The van der Waals surface area contributed by atoms with Gasteiger partial charge in [0.1, 0.15) is 0 Å². The van der Waals surface area contributed by atoms with Crippen molar-refractivity contribution in [1.82, 2.24) is 0 Å². The van der Waals surface area contributed by atoms with Crippen molar-refractivity contribution in [2.24, 2.45) is 0 Å². The standard InChI is InChI=1S/C8H12O3/c1-11-8(10)6-3-2-4-7(9)5-6/h5,7,9H,2-4H2,1H3/t7-/m1/s1. The quantitative estimate of drug-likeness (QED) is 0.566. The van der Waals surface area contributed by atoms with Crippen LogP contribution in [0.2, 0.25) is 0 Å². The van der Waals surface area contributed by atoms with Gasteiger partial charge in [0.2, 0.25) is 0 Å². The minimum Gasteiger partial charge on any atom is -0.466 e. The van der Waals surface area contributed by atoms with E-state index in [2.05, 4.69) is 4.74 Å². The van der Waals surface area contributed by atoms with E-state index >= 15 is 0 Å². The second kappa shape index (κ2) is 3.53. The second-order valence-electron chi connectivity index (χ2n) is 2.64. The molecule has 0 amide bonds. The van der Waals surface area contributed by atoms with Gasteiger partial charge in [0.25, 0.3) is 0 Å². The molecule has 1 rings (SSSR count). The first-order valence-electron chi connectivity index (χ1n) is 3.71. The van der Waals surface area contributed by atoms with Gasteiger partial charge >= 0.3 is 5.97 Å². The first-order chi connectivity index (χ1) is 5.24.